The third-order valence-corrected chi connectivity index (χ3v) is 4.77. The van der Waals surface area contributed by atoms with E-state index in [2.05, 4.69) is 85.8 Å². The Kier molecular flexibility index (Phi) is 7.04. The summed E-state index contributed by atoms with van der Waals surface area (Å²) in [7, 11) is 0. The van der Waals surface area contributed by atoms with Gasteiger partial charge in [0.25, 0.3) is 0 Å². The second-order valence-electron chi connectivity index (χ2n) is 6.82. The zero-order valence-electron chi connectivity index (χ0n) is 15.7. The van der Waals surface area contributed by atoms with Crippen LogP contribution >= 0.6 is 0 Å². The molecule has 0 radical (unpaired) electrons. The van der Waals surface area contributed by atoms with Crippen molar-refractivity contribution >= 4 is 0 Å². The molecule has 0 aliphatic carbocycles. The van der Waals surface area contributed by atoms with Gasteiger partial charge in [-0.25, -0.2) is 0 Å². The highest BCUT2D eigenvalue weighted by Gasteiger charge is 1.99. The van der Waals surface area contributed by atoms with Crippen molar-refractivity contribution in [2.45, 2.75) is 45.8 Å². The molecular formula is C25H28O. The second-order valence-corrected chi connectivity index (χ2v) is 6.82. The molecule has 0 atom stereocenters. The SMILES string of the molecule is CCc1ccc(COCc2ccc(CCCc3ccccc3)cc2)cc1. The first-order valence-corrected chi connectivity index (χ1v) is 9.61. The van der Waals surface area contributed by atoms with Crippen LogP contribution in [0.4, 0.5) is 0 Å². The highest BCUT2D eigenvalue weighted by Crippen LogP contribution is 2.12. The smallest absolute Gasteiger partial charge is 0.0721 e. The van der Waals surface area contributed by atoms with Gasteiger partial charge in [0.1, 0.15) is 0 Å². The van der Waals surface area contributed by atoms with Gasteiger partial charge in [0.05, 0.1) is 13.2 Å². The van der Waals surface area contributed by atoms with Crippen LogP contribution in [0.5, 0.6) is 0 Å². The molecule has 0 fully saturated rings. The van der Waals surface area contributed by atoms with Gasteiger partial charge in [0, 0.05) is 0 Å². The van der Waals surface area contributed by atoms with E-state index in [1.807, 2.05) is 0 Å². The molecule has 0 amide bonds. The van der Waals surface area contributed by atoms with Crippen LogP contribution in [0.15, 0.2) is 78.9 Å². The van der Waals surface area contributed by atoms with Gasteiger partial charge >= 0.3 is 0 Å². The molecule has 0 spiro atoms. The standard InChI is InChI=1S/C25H28O/c1-2-21-11-15-24(16-12-21)19-26-20-25-17-13-23(14-18-25)10-6-9-22-7-4-3-5-8-22/h3-5,7-8,11-18H,2,6,9-10,19-20H2,1H3. The van der Waals surface area contributed by atoms with E-state index in [1.165, 1.54) is 34.2 Å². The van der Waals surface area contributed by atoms with E-state index < -0.39 is 0 Å². The number of hydrogen-bond donors (Lipinski definition) is 0. The molecule has 0 unspecified atom stereocenters. The third kappa shape index (κ3) is 5.86. The molecule has 3 aromatic rings. The van der Waals surface area contributed by atoms with E-state index in [0.29, 0.717) is 13.2 Å². The van der Waals surface area contributed by atoms with E-state index in [4.69, 9.17) is 4.74 Å². The Bertz CT molecular complexity index is 758. The minimum absolute atomic E-state index is 0.666. The molecule has 0 N–H and O–H groups in total. The molecule has 0 saturated heterocycles. The normalized spacial score (nSPS) is 10.8. The van der Waals surface area contributed by atoms with Crippen molar-refractivity contribution in [3.8, 4) is 0 Å². The molecule has 0 heterocycles. The van der Waals surface area contributed by atoms with Crippen molar-refractivity contribution in [1.82, 2.24) is 0 Å². The number of rotatable bonds is 9. The van der Waals surface area contributed by atoms with E-state index in [-0.39, 0.29) is 0 Å². The summed E-state index contributed by atoms with van der Waals surface area (Å²) in [5, 5.41) is 0. The van der Waals surface area contributed by atoms with Crippen molar-refractivity contribution in [3.63, 3.8) is 0 Å². The molecule has 1 heteroatoms. The lowest BCUT2D eigenvalue weighted by atomic mass is 10.0. The van der Waals surface area contributed by atoms with Crippen LogP contribution in [-0.2, 0) is 37.2 Å². The maximum Gasteiger partial charge on any atom is 0.0721 e. The maximum absolute atomic E-state index is 5.86. The topological polar surface area (TPSA) is 9.23 Å². The summed E-state index contributed by atoms with van der Waals surface area (Å²) in [5.74, 6) is 0. The number of aryl methyl sites for hydroxylation is 3. The van der Waals surface area contributed by atoms with E-state index in [1.54, 1.807) is 0 Å². The Balaban J connectivity index is 1.39. The summed E-state index contributed by atoms with van der Waals surface area (Å²) in [6.07, 6.45) is 4.54. The van der Waals surface area contributed by atoms with Crippen LogP contribution < -0.4 is 0 Å². The zero-order chi connectivity index (χ0) is 18.0. The summed E-state index contributed by atoms with van der Waals surface area (Å²) in [5.41, 5.74) is 6.67. The molecule has 3 rings (SSSR count). The monoisotopic (exact) mass is 344 g/mol. The lowest BCUT2D eigenvalue weighted by Gasteiger charge is -2.07. The molecule has 0 saturated carbocycles. The van der Waals surface area contributed by atoms with Crippen LogP contribution in [0.1, 0.15) is 41.2 Å². The van der Waals surface area contributed by atoms with Gasteiger partial charge in [-0.2, -0.15) is 0 Å². The lowest BCUT2D eigenvalue weighted by molar-refractivity contribution is 0.107. The third-order valence-electron chi connectivity index (χ3n) is 4.77. The first-order chi connectivity index (χ1) is 12.8. The van der Waals surface area contributed by atoms with Crippen molar-refractivity contribution in [2.75, 3.05) is 0 Å². The fourth-order valence-corrected chi connectivity index (χ4v) is 3.10. The first kappa shape index (κ1) is 18.4. The van der Waals surface area contributed by atoms with Crippen LogP contribution in [0.2, 0.25) is 0 Å². The minimum Gasteiger partial charge on any atom is -0.372 e. The summed E-state index contributed by atoms with van der Waals surface area (Å²) in [4.78, 5) is 0. The van der Waals surface area contributed by atoms with Crippen molar-refractivity contribution in [3.05, 3.63) is 107 Å². The van der Waals surface area contributed by atoms with E-state index >= 15 is 0 Å². The summed E-state index contributed by atoms with van der Waals surface area (Å²) < 4.78 is 5.86. The molecule has 134 valence electrons. The van der Waals surface area contributed by atoms with Crippen molar-refractivity contribution in [1.29, 1.82) is 0 Å². The maximum atomic E-state index is 5.86. The van der Waals surface area contributed by atoms with Gasteiger partial charge in [0.2, 0.25) is 0 Å². The van der Waals surface area contributed by atoms with E-state index in [9.17, 15) is 0 Å². The van der Waals surface area contributed by atoms with Crippen molar-refractivity contribution in [2.24, 2.45) is 0 Å². The average molecular weight is 344 g/mol. The average Bonchev–Trinajstić information content (AvgIpc) is 2.70. The molecule has 0 bridgehead atoms. The highest BCUT2D eigenvalue weighted by molar-refractivity contribution is 5.24. The van der Waals surface area contributed by atoms with E-state index in [0.717, 1.165) is 19.3 Å². The Labute approximate surface area is 157 Å². The molecule has 0 aromatic heterocycles. The van der Waals surface area contributed by atoms with Gasteiger partial charge < -0.3 is 4.74 Å². The quantitative estimate of drug-likeness (QED) is 0.453. The molecular weight excluding hydrogens is 316 g/mol. The summed E-state index contributed by atoms with van der Waals surface area (Å²) >= 11 is 0. The largest absolute Gasteiger partial charge is 0.372 e. The van der Waals surface area contributed by atoms with Gasteiger partial charge in [-0.3, -0.25) is 0 Å². The second kappa shape index (κ2) is 9.94. The van der Waals surface area contributed by atoms with Gasteiger partial charge in [-0.15, -0.1) is 0 Å². The number of ether oxygens (including phenoxy) is 1. The Morgan fingerprint density at radius 2 is 1.00 bits per heavy atom. The van der Waals surface area contributed by atoms with Crippen LogP contribution in [-0.4, -0.2) is 0 Å². The fourth-order valence-electron chi connectivity index (χ4n) is 3.10. The van der Waals surface area contributed by atoms with Crippen molar-refractivity contribution < 1.29 is 4.74 Å². The van der Waals surface area contributed by atoms with Gasteiger partial charge in [-0.1, -0.05) is 85.8 Å². The Hall–Kier alpha value is -2.38. The van der Waals surface area contributed by atoms with Crippen LogP contribution in [0, 0.1) is 0 Å². The minimum atomic E-state index is 0.666. The predicted octanol–water partition coefficient (Wildman–Crippen LogP) is 6.14. The predicted molar refractivity (Wildman–Crippen MR) is 109 cm³/mol. The fraction of sp³-hybridized carbons (Fsp3) is 0.280. The van der Waals surface area contributed by atoms with Gasteiger partial charge in [-0.05, 0) is 53.5 Å². The molecule has 3 aromatic carbocycles. The zero-order valence-corrected chi connectivity index (χ0v) is 15.7. The number of hydrogen-bond acceptors (Lipinski definition) is 1. The highest BCUT2D eigenvalue weighted by atomic mass is 16.5. The molecule has 0 aliphatic heterocycles. The van der Waals surface area contributed by atoms with Crippen LogP contribution in [0.25, 0.3) is 0 Å². The lowest BCUT2D eigenvalue weighted by Crippen LogP contribution is -1.95. The Morgan fingerprint density at radius 1 is 0.538 bits per heavy atom. The summed E-state index contributed by atoms with van der Waals surface area (Å²) in [6, 6.07) is 28.3. The van der Waals surface area contributed by atoms with Crippen LogP contribution in [0.3, 0.4) is 0 Å². The first-order valence-electron chi connectivity index (χ1n) is 9.61. The molecule has 26 heavy (non-hydrogen) atoms. The number of benzene rings is 3. The Morgan fingerprint density at radius 3 is 1.54 bits per heavy atom. The molecule has 1 nitrogen and oxygen atoms in total. The molecule has 0 aliphatic rings. The summed E-state index contributed by atoms with van der Waals surface area (Å²) in [6.45, 7) is 3.51. The van der Waals surface area contributed by atoms with Gasteiger partial charge in [0.15, 0.2) is 0 Å².